The van der Waals surface area contributed by atoms with E-state index in [0.29, 0.717) is 25.9 Å². The lowest BCUT2D eigenvalue weighted by atomic mass is 9.90. The summed E-state index contributed by atoms with van der Waals surface area (Å²) >= 11 is 0. The van der Waals surface area contributed by atoms with Crippen LogP contribution in [0, 0.1) is 5.41 Å². The second-order valence-corrected chi connectivity index (χ2v) is 9.39. The topological polar surface area (TPSA) is 49.4 Å². The minimum atomic E-state index is 0.0214. The molecule has 1 aromatic carbocycles. The third-order valence-electron chi connectivity index (χ3n) is 5.55. The minimum Gasteiger partial charge on any atom is -0.356 e. The van der Waals surface area contributed by atoms with Gasteiger partial charge in [-0.15, -0.1) is 0 Å². The zero-order valence-electron chi connectivity index (χ0n) is 19.4. The fraction of sp³-hybridized carbons (Fsp3) is 0.538. The predicted molar refractivity (Wildman–Crippen MR) is 126 cm³/mol. The van der Waals surface area contributed by atoms with E-state index in [1.54, 1.807) is 0 Å². The fourth-order valence-corrected chi connectivity index (χ4v) is 3.56. The summed E-state index contributed by atoms with van der Waals surface area (Å²) < 4.78 is 0. The summed E-state index contributed by atoms with van der Waals surface area (Å²) in [5.74, 6) is 0.0729. The third kappa shape index (κ3) is 7.47. The van der Waals surface area contributed by atoms with Crippen LogP contribution in [0.15, 0.2) is 47.6 Å². The van der Waals surface area contributed by atoms with Crippen LogP contribution in [0.5, 0.6) is 0 Å². The average Bonchev–Trinajstić information content (AvgIpc) is 2.69. The number of anilines is 1. The first-order valence-electron chi connectivity index (χ1n) is 11.2. The maximum absolute atomic E-state index is 13.2. The smallest absolute Gasteiger partial charge is 0.229 e. The van der Waals surface area contributed by atoms with Crippen molar-refractivity contribution in [2.45, 2.75) is 73.1 Å². The van der Waals surface area contributed by atoms with Crippen molar-refractivity contribution in [2.75, 3.05) is 18.0 Å². The molecule has 0 saturated heterocycles. The molecule has 1 N–H and O–H groups in total. The summed E-state index contributed by atoms with van der Waals surface area (Å²) in [7, 11) is 0. The molecule has 1 aliphatic rings. The number of para-hydroxylation sites is 1. The molecule has 0 unspecified atom stereocenters. The van der Waals surface area contributed by atoms with Gasteiger partial charge in [-0.2, -0.15) is 0 Å². The molecule has 30 heavy (non-hydrogen) atoms. The highest BCUT2D eigenvalue weighted by molar-refractivity contribution is 5.95. The molecule has 1 heterocycles. The number of nitrogens with one attached hydrogen (secondary N) is 1. The van der Waals surface area contributed by atoms with Crippen LogP contribution < -0.4 is 10.2 Å². The van der Waals surface area contributed by atoms with Crippen molar-refractivity contribution in [1.29, 1.82) is 0 Å². The monoisotopic (exact) mass is 410 g/mol. The van der Waals surface area contributed by atoms with E-state index in [2.05, 4.69) is 58.2 Å². The molecule has 1 aromatic rings. The van der Waals surface area contributed by atoms with Gasteiger partial charge in [0.25, 0.3) is 0 Å². The number of aryl methyl sites for hydroxylation is 1. The Balaban J connectivity index is 2.09. The van der Waals surface area contributed by atoms with Crippen LogP contribution in [-0.4, -0.2) is 24.9 Å². The number of amides is 2. The van der Waals surface area contributed by atoms with Gasteiger partial charge in [0.15, 0.2) is 0 Å². The van der Waals surface area contributed by atoms with Crippen molar-refractivity contribution in [3.8, 4) is 0 Å². The molecule has 0 saturated carbocycles. The number of fused-ring (bicyclic) bond motifs is 1. The quantitative estimate of drug-likeness (QED) is 0.638. The second-order valence-electron chi connectivity index (χ2n) is 9.39. The van der Waals surface area contributed by atoms with Gasteiger partial charge in [-0.05, 0) is 55.2 Å². The van der Waals surface area contributed by atoms with Gasteiger partial charge in [-0.1, -0.05) is 63.6 Å². The number of nitrogens with zero attached hydrogens (tertiary/aromatic N) is 1. The molecular formula is C26H38N2O2. The van der Waals surface area contributed by atoms with Crippen molar-refractivity contribution in [3.63, 3.8) is 0 Å². The van der Waals surface area contributed by atoms with E-state index in [-0.39, 0.29) is 17.2 Å². The summed E-state index contributed by atoms with van der Waals surface area (Å²) in [6.07, 6.45) is 8.87. The van der Waals surface area contributed by atoms with Crippen LogP contribution >= 0.6 is 0 Å². The molecule has 1 aliphatic heterocycles. The zero-order chi connectivity index (χ0) is 22.1. The van der Waals surface area contributed by atoms with Crippen LogP contribution in [0.3, 0.4) is 0 Å². The summed E-state index contributed by atoms with van der Waals surface area (Å²) in [6, 6.07) is 8.18. The standard InChI is InChI=1S/C26H38N2O2/c1-6-7-10-22-19-28(23-12-9-8-11-21(23)14-13-20(22)2)25(30)16-18-27-24(29)15-17-26(3,4)5/h7-12H,6,13-19H2,1-5H3,(H,27,29)/b10-7-,22-20-. The summed E-state index contributed by atoms with van der Waals surface area (Å²) in [5, 5.41) is 2.92. The van der Waals surface area contributed by atoms with Gasteiger partial charge < -0.3 is 10.2 Å². The van der Waals surface area contributed by atoms with Gasteiger partial charge in [-0.25, -0.2) is 0 Å². The third-order valence-corrected chi connectivity index (χ3v) is 5.55. The van der Waals surface area contributed by atoms with E-state index in [4.69, 9.17) is 0 Å². The Hall–Kier alpha value is -2.36. The highest BCUT2D eigenvalue weighted by Gasteiger charge is 2.22. The summed E-state index contributed by atoms with van der Waals surface area (Å²) in [6.45, 7) is 11.6. The first-order valence-corrected chi connectivity index (χ1v) is 11.2. The molecule has 4 heteroatoms. The Morgan fingerprint density at radius 2 is 1.87 bits per heavy atom. The molecule has 0 aromatic heterocycles. The SMILES string of the molecule is CC/C=C\C1=C(/C)CCc2ccccc2N(C(=O)CCNC(=O)CCC(C)(C)C)C1. The van der Waals surface area contributed by atoms with E-state index in [9.17, 15) is 9.59 Å². The van der Waals surface area contributed by atoms with E-state index in [1.165, 1.54) is 16.7 Å². The van der Waals surface area contributed by atoms with Crippen LogP contribution in [0.2, 0.25) is 0 Å². The molecule has 2 amide bonds. The predicted octanol–water partition coefficient (Wildman–Crippen LogP) is 5.58. The van der Waals surface area contributed by atoms with Gasteiger partial charge in [0.1, 0.15) is 0 Å². The number of rotatable bonds is 7. The highest BCUT2D eigenvalue weighted by Crippen LogP contribution is 2.29. The Morgan fingerprint density at radius 3 is 2.57 bits per heavy atom. The van der Waals surface area contributed by atoms with E-state index >= 15 is 0 Å². The molecule has 0 radical (unpaired) electrons. The zero-order valence-corrected chi connectivity index (χ0v) is 19.4. The van der Waals surface area contributed by atoms with Crippen molar-refractivity contribution in [3.05, 3.63) is 53.1 Å². The number of hydrogen-bond donors (Lipinski definition) is 1. The average molecular weight is 411 g/mol. The van der Waals surface area contributed by atoms with Crippen LogP contribution in [0.25, 0.3) is 0 Å². The normalized spacial score (nSPS) is 17.4. The number of carbonyl (C=O) groups is 2. The van der Waals surface area contributed by atoms with Gasteiger partial charge in [0, 0.05) is 25.1 Å². The van der Waals surface area contributed by atoms with Crippen molar-refractivity contribution >= 4 is 17.5 Å². The Labute approximate surface area is 182 Å². The molecule has 0 fully saturated rings. The van der Waals surface area contributed by atoms with Crippen molar-refractivity contribution < 1.29 is 9.59 Å². The van der Waals surface area contributed by atoms with Gasteiger partial charge in [-0.3, -0.25) is 9.59 Å². The first-order chi connectivity index (χ1) is 14.2. The Kier molecular flexibility index (Phi) is 8.88. The first kappa shape index (κ1) is 23.9. The molecular weight excluding hydrogens is 372 g/mol. The Bertz CT molecular complexity index is 799. The lowest BCUT2D eigenvalue weighted by Crippen LogP contribution is -2.37. The maximum Gasteiger partial charge on any atom is 0.229 e. The van der Waals surface area contributed by atoms with E-state index in [0.717, 1.165) is 31.4 Å². The highest BCUT2D eigenvalue weighted by atomic mass is 16.2. The lowest BCUT2D eigenvalue weighted by molar-refractivity contribution is -0.122. The molecule has 0 spiro atoms. The second kappa shape index (κ2) is 11.1. The largest absolute Gasteiger partial charge is 0.356 e. The summed E-state index contributed by atoms with van der Waals surface area (Å²) in [4.78, 5) is 27.2. The molecule has 0 bridgehead atoms. The maximum atomic E-state index is 13.2. The fourth-order valence-electron chi connectivity index (χ4n) is 3.56. The Morgan fingerprint density at radius 1 is 1.13 bits per heavy atom. The lowest BCUT2D eigenvalue weighted by Gasteiger charge is -2.29. The van der Waals surface area contributed by atoms with Crippen LogP contribution in [0.1, 0.15) is 72.3 Å². The number of carbonyl (C=O) groups excluding carboxylic acids is 2. The van der Waals surface area contributed by atoms with Gasteiger partial charge in [0.05, 0.1) is 6.54 Å². The molecule has 4 nitrogen and oxygen atoms in total. The summed E-state index contributed by atoms with van der Waals surface area (Å²) in [5.41, 5.74) is 4.89. The van der Waals surface area contributed by atoms with E-state index in [1.807, 2.05) is 23.1 Å². The van der Waals surface area contributed by atoms with Crippen molar-refractivity contribution in [2.24, 2.45) is 5.41 Å². The number of allylic oxidation sites excluding steroid dienone is 2. The minimum absolute atomic E-state index is 0.0214. The van der Waals surface area contributed by atoms with Gasteiger partial charge >= 0.3 is 0 Å². The molecule has 0 aliphatic carbocycles. The molecule has 0 atom stereocenters. The molecule has 164 valence electrons. The van der Waals surface area contributed by atoms with E-state index < -0.39 is 0 Å². The number of benzene rings is 1. The van der Waals surface area contributed by atoms with Crippen LogP contribution in [-0.2, 0) is 16.0 Å². The number of hydrogen-bond acceptors (Lipinski definition) is 2. The molecule has 2 rings (SSSR count). The van der Waals surface area contributed by atoms with Crippen LogP contribution in [0.4, 0.5) is 5.69 Å². The van der Waals surface area contributed by atoms with Crippen molar-refractivity contribution in [1.82, 2.24) is 5.32 Å². The van der Waals surface area contributed by atoms with Gasteiger partial charge in [0.2, 0.25) is 11.8 Å².